The van der Waals surface area contributed by atoms with Crippen molar-refractivity contribution in [3.05, 3.63) is 68.0 Å². The van der Waals surface area contributed by atoms with Gasteiger partial charge in [-0.2, -0.15) is 0 Å². The van der Waals surface area contributed by atoms with E-state index in [1.165, 1.54) is 12.1 Å². The number of halogens is 2. The first-order chi connectivity index (χ1) is 8.99. The van der Waals surface area contributed by atoms with Crippen LogP contribution in [0.2, 0.25) is 0 Å². The summed E-state index contributed by atoms with van der Waals surface area (Å²) in [7, 11) is 0. The second-order valence-corrected chi connectivity index (χ2v) is 5.85. The number of aryl methyl sites for hydroxylation is 2. The molecule has 3 heteroatoms. The summed E-state index contributed by atoms with van der Waals surface area (Å²) in [4.78, 5) is 0. The van der Waals surface area contributed by atoms with Gasteiger partial charge in [-0.1, -0.05) is 24.3 Å². The molecule has 2 rings (SSSR count). The second-order valence-electron chi connectivity index (χ2n) is 4.77. The average Bonchev–Trinajstić information content (AvgIpc) is 2.36. The van der Waals surface area contributed by atoms with E-state index in [0.29, 0.717) is 6.42 Å². The van der Waals surface area contributed by atoms with Crippen LogP contribution in [0, 0.1) is 23.2 Å². The van der Waals surface area contributed by atoms with Crippen molar-refractivity contribution in [2.45, 2.75) is 26.4 Å². The van der Waals surface area contributed by atoms with Gasteiger partial charge in [-0.25, -0.2) is 4.39 Å². The van der Waals surface area contributed by atoms with Crippen LogP contribution < -0.4 is 0 Å². The molecule has 0 radical (unpaired) electrons. The largest absolute Gasteiger partial charge is 0.388 e. The van der Waals surface area contributed by atoms with Crippen molar-refractivity contribution in [2.24, 2.45) is 0 Å². The van der Waals surface area contributed by atoms with E-state index in [-0.39, 0.29) is 5.82 Å². The van der Waals surface area contributed by atoms with E-state index in [0.717, 1.165) is 25.8 Å². The monoisotopic (exact) mass is 370 g/mol. The zero-order chi connectivity index (χ0) is 14.0. The van der Waals surface area contributed by atoms with Gasteiger partial charge in [-0.05, 0) is 70.8 Å². The number of rotatable bonds is 3. The van der Waals surface area contributed by atoms with Gasteiger partial charge in [0.05, 0.1) is 6.10 Å². The first kappa shape index (κ1) is 14.5. The van der Waals surface area contributed by atoms with E-state index < -0.39 is 6.10 Å². The number of aliphatic hydroxyl groups is 1. The third-order valence-electron chi connectivity index (χ3n) is 3.30. The summed E-state index contributed by atoms with van der Waals surface area (Å²) in [6, 6.07) is 10.6. The lowest BCUT2D eigenvalue weighted by atomic mass is 9.97. The van der Waals surface area contributed by atoms with E-state index in [9.17, 15) is 9.50 Å². The molecule has 0 aliphatic heterocycles. The van der Waals surface area contributed by atoms with Crippen molar-refractivity contribution in [3.63, 3.8) is 0 Å². The Morgan fingerprint density at radius 2 is 1.89 bits per heavy atom. The highest BCUT2D eigenvalue weighted by Gasteiger charge is 2.14. The summed E-state index contributed by atoms with van der Waals surface area (Å²) in [5.74, 6) is -0.235. The summed E-state index contributed by atoms with van der Waals surface area (Å²) in [5, 5.41) is 10.4. The fourth-order valence-electron chi connectivity index (χ4n) is 2.13. The molecule has 2 aromatic carbocycles. The van der Waals surface area contributed by atoms with Crippen LogP contribution in [0.25, 0.3) is 0 Å². The van der Waals surface area contributed by atoms with Crippen LogP contribution in [0.15, 0.2) is 36.4 Å². The van der Waals surface area contributed by atoms with Crippen LogP contribution in [-0.2, 0) is 6.42 Å². The minimum Gasteiger partial charge on any atom is -0.388 e. The predicted molar refractivity (Wildman–Crippen MR) is 83.7 cm³/mol. The minimum atomic E-state index is -0.559. The Bertz CT molecular complexity index is 595. The van der Waals surface area contributed by atoms with Gasteiger partial charge < -0.3 is 5.11 Å². The molecule has 0 fully saturated rings. The maximum Gasteiger partial charge on any atom is 0.123 e. The molecule has 19 heavy (non-hydrogen) atoms. The Balaban J connectivity index is 2.25. The maximum absolute atomic E-state index is 13.1. The van der Waals surface area contributed by atoms with Gasteiger partial charge in [0.2, 0.25) is 0 Å². The van der Waals surface area contributed by atoms with Crippen molar-refractivity contribution >= 4 is 22.6 Å². The summed E-state index contributed by atoms with van der Waals surface area (Å²) in [5.41, 5.74) is 3.95. The topological polar surface area (TPSA) is 20.2 Å². The molecule has 1 atom stereocenters. The molecule has 0 amide bonds. The minimum absolute atomic E-state index is 0.235. The molecular weight excluding hydrogens is 354 g/mol. The highest BCUT2D eigenvalue weighted by Crippen LogP contribution is 2.26. The lowest BCUT2D eigenvalue weighted by molar-refractivity contribution is 0.177. The first-order valence-corrected chi connectivity index (χ1v) is 7.25. The van der Waals surface area contributed by atoms with E-state index >= 15 is 0 Å². The third kappa shape index (κ3) is 3.34. The molecular formula is C16H16FIO. The SMILES string of the molecule is Cc1cc(F)ccc1CC(O)c1cccc(C)c1I. The zero-order valence-electron chi connectivity index (χ0n) is 11.0. The number of hydrogen-bond acceptors (Lipinski definition) is 1. The number of hydrogen-bond donors (Lipinski definition) is 1. The molecule has 1 nitrogen and oxygen atoms in total. The molecule has 0 aliphatic rings. The third-order valence-corrected chi connectivity index (χ3v) is 4.77. The van der Waals surface area contributed by atoms with Crippen LogP contribution in [0.3, 0.4) is 0 Å². The van der Waals surface area contributed by atoms with Gasteiger partial charge in [-0.15, -0.1) is 0 Å². The van der Waals surface area contributed by atoms with Gasteiger partial charge in [-0.3, -0.25) is 0 Å². The first-order valence-electron chi connectivity index (χ1n) is 6.17. The standard InChI is InChI=1S/C16H16FIO/c1-10-4-3-5-14(16(10)18)15(19)9-12-6-7-13(17)8-11(12)2/h3-8,15,19H,9H2,1-2H3. The van der Waals surface area contributed by atoms with Crippen molar-refractivity contribution in [1.29, 1.82) is 0 Å². The molecule has 0 saturated carbocycles. The highest BCUT2D eigenvalue weighted by atomic mass is 127. The van der Waals surface area contributed by atoms with Gasteiger partial charge in [0.15, 0.2) is 0 Å². The molecule has 0 heterocycles. The maximum atomic E-state index is 13.1. The van der Waals surface area contributed by atoms with E-state index in [1.807, 2.05) is 32.0 Å². The molecule has 100 valence electrons. The van der Waals surface area contributed by atoms with Crippen LogP contribution in [-0.4, -0.2) is 5.11 Å². The molecule has 2 aromatic rings. The van der Waals surface area contributed by atoms with Gasteiger partial charge in [0.25, 0.3) is 0 Å². The van der Waals surface area contributed by atoms with E-state index in [4.69, 9.17) is 0 Å². The van der Waals surface area contributed by atoms with Crippen molar-refractivity contribution in [1.82, 2.24) is 0 Å². The highest BCUT2D eigenvalue weighted by molar-refractivity contribution is 14.1. The predicted octanol–water partition coefficient (Wildman–Crippen LogP) is 4.32. The molecule has 0 bridgehead atoms. The summed E-state index contributed by atoms with van der Waals surface area (Å²) in [6.07, 6.45) is -0.0538. The Morgan fingerprint density at radius 1 is 1.16 bits per heavy atom. The zero-order valence-corrected chi connectivity index (χ0v) is 13.1. The smallest absolute Gasteiger partial charge is 0.123 e. The average molecular weight is 370 g/mol. The molecule has 0 spiro atoms. The van der Waals surface area contributed by atoms with Crippen molar-refractivity contribution in [3.8, 4) is 0 Å². The summed E-state index contributed by atoms with van der Waals surface area (Å²) < 4.78 is 14.2. The van der Waals surface area contributed by atoms with Gasteiger partial charge in [0.1, 0.15) is 5.82 Å². The quantitative estimate of drug-likeness (QED) is 0.798. The molecule has 0 aromatic heterocycles. The molecule has 0 saturated heterocycles. The fourth-order valence-corrected chi connectivity index (χ4v) is 2.85. The lowest BCUT2D eigenvalue weighted by Gasteiger charge is -2.15. The van der Waals surface area contributed by atoms with E-state index in [1.54, 1.807) is 6.07 Å². The molecule has 0 aliphatic carbocycles. The normalized spacial score (nSPS) is 12.5. The summed E-state index contributed by atoms with van der Waals surface area (Å²) >= 11 is 2.26. The Morgan fingerprint density at radius 3 is 2.58 bits per heavy atom. The van der Waals surface area contributed by atoms with Crippen LogP contribution in [0.4, 0.5) is 4.39 Å². The van der Waals surface area contributed by atoms with Crippen LogP contribution in [0.5, 0.6) is 0 Å². The van der Waals surface area contributed by atoms with E-state index in [2.05, 4.69) is 22.6 Å². The second kappa shape index (κ2) is 6.01. The fraction of sp³-hybridized carbons (Fsp3) is 0.250. The molecule has 1 unspecified atom stereocenters. The number of benzene rings is 2. The Hall–Kier alpha value is -0.940. The summed E-state index contributed by atoms with van der Waals surface area (Å²) in [6.45, 7) is 3.90. The van der Waals surface area contributed by atoms with Crippen molar-refractivity contribution in [2.75, 3.05) is 0 Å². The van der Waals surface area contributed by atoms with Gasteiger partial charge >= 0.3 is 0 Å². The van der Waals surface area contributed by atoms with Crippen LogP contribution in [0.1, 0.15) is 28.4 Å². The van der Waals surface area contributed by atoms with Crippen molar-refractivity contribution < 1.29 is 9.50 Å². The van der Waals surface area contributed by atoms with Gasteiger partial charge in [0, 0.05) is 9.99 Å². The molecule has 1 N–H and O–H groups in total. The van der Waals surface area contributed by atoms with Crippen LogP contribution >= 0.6 is 22.6 Å². The Labute approximate surface area is 126 Å². The Kier molecular flexibility index (Phi) is 4.58. The number of aliphatic hydroxyl groups excluding tert-OH is 1. The lowest BCUT2D eigenvalue weighted by Crippen LogP contribution is -2.06.